The van der Waals surface area contributed by atoms with Gasteiger partial charge in [0.15, 0.2) is 0 Å². The lowest BCUT2D eigenvalue weighted by atomic mass is 10.2. The summed E-state index contributed by atoms with van der Waals surface area (Å²) >= 11 is 0. The molecule has 0 aliphatic heterocycles. The summed E-state index contributed by atoms with van der Waals surface area (Å²) in [7, 11) is 0. The Bertz CT molecular complexity index is 183. The average molecular weight is 190 g/mol. The van der Waals surface area contributed by atoms with E-state index in [1.165, 1.54) is 0 Å². The van der Waals surface area contributed by atoms with E-state index >= 15 is 0 Å². The van der Waals surface area contributed by atoms with Gasteiger partial charge >= 0.3 is 5.97 Å². The summed E-state index contributed by atoms with van der Waals surface area (Å²) in [6.07, 6.45) is 0.684. The van der Waals surface area contributed by atoms with E-state index in [1.54, 1.807) is 0 Å². The summed E-state index contributed by atoms with van der Waals surface area (Å²) in [5, 5.41) is 19.2. The van der Waals surface area contributed by atoms with Gasteiger partial charge in [0.2, 0.25) is 5.91 Å². The lowest BCUT2D eigenvalue weighted by molar-refractivity contribution is -0.142. The van der Waals surface area contributed by atoms with Crippen LogP contribution < -0.4 is 11.1 Å². The number of hydrogen-bond donors (Lipinski definition) is 4. The molecule has 1 unspecified atom stereocenters. The zero-order valence-corrected chi connectivity index (χ0v) is 7.19. The number of amides is 1. The van der Waals surface area contributed by atoms with Crippen molar-refractivity contribution in [1.82, 2.24) is 5.32 Å². The Balaban J connectivity index is 3.80. The summed E-state index contributed by atoms with van der Waals surface area (Å²) in [6.45, 7) is -0.228. The second-order valence-electron chi connectivity index (χ2n) is 2.53. The van der Waals surface area contributed by atoms with Gasteiger partial charge in [-0.1, -0.05) is 0 Å². The van der Waals surface area contributed by atoms with E-state index in [0.717, 1.165) is 0 Å². The minimum Gasteiger partial charge on any atom is -0.480 e. The highest BCUT2D eigenvalue weighted by atomic mass is 16.4. The third kappa shape index (κ3) is 5.15. The quantitative estimate of drug-likeness (QED) is 0.398. The zero-order valence-electron chi connectivity index (χ0n) is 7.19. The van der Waals surface area contributed by atoms with Gasteiger partial charge in [-0.25, -0.2) is 4.79 Å². The molecular weight excluding hydrogens is 176 g/mol. The van der Waals surface area contributed by atoms with Gasteiger partial charge in [-0.15, -0.1) is 0 Å². The molecule has 5 N–H and O–H groups in total. The molecule has 0 radical (unpaired) electrons. The number of carboxylic acid groups (broad SMARTS) is 1. The van der Waals surface area contributed by atoms with E-state index in [-0.39, 0.29) is 6.42 Å². The lowest BCUT2D eigenvalue weighted by Crippen LogP contribution is -2.43. The van der Waals surface area contributed by atoms with Crippen molar-refractivity contribution in [2.45, 2.75) is 18.9 Å². The van der Waals surface area contributed by atoms with Gasteiger partial charge in [-0.3, -0.25) is 4.79 Å². The van der Waals surface area contributed by atoms with Gasteiger partial charge < -0.3 is 21.3 Å². The highest BCUT2D eigenvalue weighted by Crippen LogP contribution is 1.89. The number of aliphatic hydroxyl groups is 1. The number of nitrogens with two attached hydrogens (primary N) is 1. The maximum Gasteiger partial charge on any atom is 0.328 e. The summed E-state index contributed by atoms with van der Waals surface area (Å²) in [4.78, 5) is 21.3. The Hall–Kier alpha value is -1.14. The molecule has 1 atom stereocenters. The molecule has 0 saturated carbocycles. The minimum atomic E-state index is -1.25. The highest BCUT2D eigenvalue weighted by molar-refractivity contribution is 5.83. The molecule has 1 amide bonds. The largest absolute Gasteiger partial charge is 0.480 e. The second kappa shape index (κ2) is 6.38. The minimum absolute atomic E-state index is 0.181. The van der Waals surface area contributed by atoms with Crippen LogP contribution in [0.4, 0.5) is 0 Å². The molecule has 0 heterocycles. The Kier molecular flexibility index (Phi) is 5.82. The van der Waals surface area contributed by atoms with Crippen molar-refractivity contribution in [2.24, 2.45) is 5.73 Å². The number of carbonyl (C=O) groups is 2. The van der Waals surface area contributed by atoms with Gasteiger partial charge in [-0.2, -0.15) is 0 Å². The molecule has 0 aliphatic carbocycles. The Morgan fingerprint density at radius 1 is 1.46 bits per heavy atom. The van der Waals surface area contributed by atoms with E-state index < -0.39 is 24.5 Å². The van der Waals surface area contributed by atoms with Gasteiger partial charge in [0.1, 0.15) is 6.04 Å². The first-order valence-electron chi connectivity index (χ1n) is 3.95. The number of hydrogen-bond acceptors (Lipinski definition) is 4. The SMILES string of the molecule is NCCCC(=O)NC(CO)C(=O)O. The summed E-state index contributed by atoms with van der Waals surface area (Å²) < 4.78 is 0. The molecule has 6 heteroatoms. The lowest BCUT2D eigenvalue weighted by Gasteiger charge is -2.10. The molecule has 0 bridgehead atoms. The van der Waals surface area contributed by atoms with Crippen LogP contribution in [0.1, 0.15) is 12.8 Å². The van der Waals surface area contributed by atoms with E-state index in [1.807, 2.05) is 0 Å². The first-order chi connectivity index (χ1) is 6.11. The van der Waals surface area contributed by atoms with Crippen molar-refractivity contribution in [3.8, 4) is 0 Å². The molecule has 0 aromatic carbocycles. The van der Waals surface area contributed by atoms with E-state index in [4.69, 9.17) is 15.9 Å². The van der Waals surface area contributed by atoms with E-state index in [2.05, 4.69) is 5.32 Å². The van der Waals surface area contributed by atoms with Crippen molar-refractivity contribution in [2.75, 3.05) is 13.2 Å². The van der Waals surface area contributed by atoms with Crippen molar-refractivity contribution >= 4 is 11.9 Å². The molecular formula is C7H14N2O4. The number of rotatable bonds is 6. The van der Waals surface area contributed by atoms with E-state index in [0.29, 0.717) is 13.0 Å². The van der Waals surface area contributed by atoms with Crippen molar-refractivity contribution < 1.29 is 19.8 Å². The predicted octanol–water partition coefficient (Wildman–Crippen LogP) is -1.71. The van der Waals surface area contributed by atoms with Crippen LogP contribution in [0, 0.1) is 0 Å². The summed E-state index contributed by atoms with van der Waals surface area (Å²) in [5.41, 5.74) is 5.15. The number of carbonyl (C=O) groups excluding carboxylic acids is 1. The molecule has 0 fully saturated rings. The van der Waals surface area contributed by atoms with Crippen LogP contribution in [0.5, 0.6) is 0 Å². The van der Waals surface area contributed by atoms with E-state index in [9.17, 15) is 9.59 Å². The maximum atomic E-state index is 10.9. The second-order valence-corrected chi connectivity index (χ2v) is 2.53. The average Bonchev–Trinajstić information content (AvgIpc) is 2.10. The maximum absolute atomic E-state index is 10.9. The Morgan fingerprint density at radius 2 is 2.08 bits per heavy atom. The molecule has 0 saturated heterocycles. The van der Waals surface area contributed by atoms with Gasteiger partial charge in [0, 0.05) is 6.42 Å². The van der Waals surface area contributed by atoms with Gasteiger partial charge in [0.25, 0.3) is 0 Å². The first kappa shape index (κ1) is 11.9. The smallest absolute Gasteiger partial charge is 0.328 e. The topological polar surface area (TPSA) is 113 Å². The molecule has 0 spiro atoms. The predicted molar refractivity (Wildman–Crippen MR) is 44.9 cm³/mol. The van der Waals surface area contributed by atoms with Crippen molar-refractivity contribution in [3.63, 3.8) is 0 Å². The van der Waals surface area contributed by atoms with Crippen LogP contribution in [-0.2, 0) is 9.59 Å². The monoisotopic (exact) mass is 190 g/mol. The fourth-order valence-electron chi connectivity index (χ4n) is 0.715. The van der Waals surface area contributed by atoms with Crippen LogP contribution in [0.2, 0.25) is 0 Å². The number of carboxylic acids is 1. The van der Waals surface area contributed by atoms with Gasteiger partial charge in [0.05, 0.1) is 6.61 Å². The molecule has 6 nitrogen and oxygen atoms in total. The Labute approximate surface area is 75.7 Å². The number of aliphatic hydroxyl groups excluding tert-OH is 1. The molecule has 0 rings (SSSR count). The fraction of sp³-hybridized carbons (Fsp3) is 0.714. The van der Waals surface area contributed by atoms with Crippen molar-refractivity contribution in [1.29, 1.82) is 0 Å². The number of aliphatic carboxylic acids is 1. The molecule has 76 valence electrons. The fourth-order valence-corrected chi connectivity index (χ4v) is 0.715. The first-order valence-corrected chi connectivity index (χ1v) is 3.95. The molecule has 13 heavy (non-hydrogen) atoms. The van der Waals surface area contributed by atoms with Crippen LogP contribution >= 0.6 is 0 Å². The standard InChI is InChI=1S/C7H14N2O4/c8-3-1-2-6(11)9-5(4-10)7(12)13/h5,10H,1-4,8H2,(H,9,11)(H,12,13). The molecule has 0 aliphatic rings. The highest BCUT2D eigenvalue weighted by Gasteiger charge is 2.17. The van der Waals surface area contributed by atoms with Crippen molar-refractivity contribution in [3.05, 3.63) is 0 Å². The normalized spacial score (nSPS) is 12.2. The number of nitrogens with one attached hydrogen (secondary N) is 1. The molecule has 0 aromatic rings. The zero-order chi connectivity index (χ0) is 10.3. The molecule has 0 aromatic heterocycles. The summed E-state index contributed by atoms with van der Waals surface area (Å²) in [6, 6.07) is -1.22. The van der Waals surface area contributed by atoms with Crippen LogP contribution in [0.3, 0.4) is 0 Å². The van der Waals surface area contributed by atoms with Crippen LogP contribution in [0.25, 0.3) is 0 Å². The third-order valence-corrected chi connectivity index (χ3v) is 1.42. The van der Waals surface area contributed by atoms with Crippen LogP contribution in [-0.4, -0.2) is 41.3 Å². The van der Waals surface area contributed by atoms with Crippen LogP contribution in [0.15, 0.2) is 0 Å². The summed E-state index contributed by atoms with van der Waals surface area (Å²) in [5.74, 6) is -1.66. The van der Waals surface area contributed by atoms with Gasteiger partial charge in [-0.05, 0) is 13.0 Å². The Morgan fingerprint density at radius 3 is 2.46 bits per heavy atom. The third-order valence-electron chi connectivity index (χ3n) is 1.42.